The van der Waals surface area contributed by atoms with E-state index in [1.165, 1.54) is 0 Å². The van der Waals surface area contributed by atoms with Gasteiger partial charge in [0.15, 0.2) is 0 Å². The van der Waals surface area contributed by atoms with E-state index in [1.807, 2.05) is 6.92 Å². The van der Waals surface area contributed by atoms with Gasteiger partial charge in [0.2, 0.25) is 11.8 Å². The number of amides is 4. The molecule has 146 valence electrons. The molecule has 0 unspecified atom stereocenters. The van der Waals surface area contributed by atoms with E-state index >= 15 is 0 Å². The molecule has 0 saturated carbocycles. The standard InChI is InChI=1S/C17H27N3O6/c1-2-9-25-11-12-26-10-8-19-14(21)4-3-7-18-15(22)13-20-16(23)5-6-17(20)24/h5-6H,2-4,7-13H2,1H3,(H,18,22)(H,19,21). The maximum absolute atomic E-state index is 11.7. The molecule has 0 aromatic heterocycles. The summed E-state index contributed by atoms with van der Waals surface area (Å²) in [4.78, 5) is 46.8. The Morgan fingerprint density at radius 1 is 0.923 bits per heavy atom. The van der Waals surface area contributed by atoms with Gasteiger partial charge < -0.3 is 20.1 Å². The molecule has 0 bridgehead atoms. The van der Waals surface area contributed by atoms with Crippen molar-refractivity contribution in [2.45, 2.75) is 26.2 Å². The fraction of sp³-hybridized carbons (Fsp3) is 0.647. The molecule has 1 heterocycles. The van der Waals surface area contributed by atoms with Crippen molar-refractivity contribution in [3.63, 3.8) is 0 Å². The lowest BCUT2D eigenvalue weighted by Crippen LogP contribution is -2.40. The molecule has 9 nitrogen and oxygen atoms in total. The Morgan fingerprint density at radius 2 is 1.54 bits per heavy atom. The highest BCUT2D eigenvalue weighted by Crippen LogP contribution is 2.02. The zero-order valence-electron chi connectivity index (χ0n) is 15.1. The fourth-order valence-electron chi connectivity index (χ4n) is 2.08. The summed E-state index contributed by atoms with van der Waals surface area (Å²) >= 11 is 0. The molecule has 0 aliphatic carbocycles. The van der Waals surface area contributed by atoms with Gasteiger partial charge in [-0.25, -0.2) is 0 Å². The summed E-state index contributed by atoms with van der Waals surface area (Å²) in [5.74, 6) is -1.55. The second-order valence-electron chi connectivity index (χ2n) is 5.62. The number of hydrogen-bond acceptors (Lipinski definition) is 6. The number of carbonyl (C=O) groups is 4. The summed E-state index contributed by atoms with van der Waals surface area (Å²) in [6.07, 6.45) is 3.96. The summed E-state index contributed by atoms with van der Waals surface area (Å²) in [6, 6.07) is 0. The first kappa shape index (κ1) is 21.8. The lowest BCUT2D eigenvalue weighted by Gasteiger charge is -2.13. The van der Waals surface area contributed by atoms with E-state index in [2.05, 4.69) is 10.6 Å². The summed E-state index contributed by atoms with van der Waals surface area (Å²) in [7, 11) is 0. The normalized spacial score (nSPS) is 13.3. The highest BCUT2D eigenvalue weighted by Gasteiger charge is 2.25. The van der Waals surface area contributed by atoms with Crippen LogP contribution in [0.5, 0.6) is 0 Å². The van der Waals surface area contributed by atoms with E-state index in [4.69, 9.17) is 9.47 Å². The third-order valence-electron chi connectivity index (χ3n) is 3.39. The lowest BCUT2D eigenvalue weighted by atomic mass is 10.3. The van der Waals surface area contributed by atoms with Gasteiger partial charge in [-0.05, 0) is 12.8 Å². The molecule has 0 fully saturated rings. The van der Waals surface area contributed by atoms with Crippen LogP contribution in [0.15, 0.2) is 12.2 Å². The van der Waals surface area contributed by atoms with E-state index in [0.29, 0.717) is 39.3 Å². The quantitative estimate of drug-likeness (QED) is 0.311. The van der Waals surface area contributed by atoms with Gasteiger partial charge >= 0.3 is 0 Å². The van der Waals surface area contributed by atoms with Crippen molar-refractivity contribution < 1.29 is 28.7 Å². The number of imide groups is 1. The Hall–Kier alpha value is -2.26. The van der Waals surface area contributed by atoms with Crippen LogP contribution in [-0.4, -0.2) is 74.6 Å². The van der Waals surface area contributed by atoms with Crippen LogP contribution in [-0.2, 0) is 28.7 Å². The highest BCUT2D eigenvalue weighted by molar-refractivity contribution is 6.14. The van der Waals surface area contributed by atoms with Gasteiger partial charge in [-0.15, -0.1) is 0 Å². The van der Waals surface area contributed by atoms with Gasteiger partial charge in [-0.2, -0.15) is 0 Å². The van der Waals surface area contributed by atoms with Crippen LogP contribution < -0.4 is 10.6 Å². The Bertz CT molecular complexity index is 503. The highest BCUT2D eigenvalue weighted by atomic mass is 16.5. The van der Waals surface area contributed by atoms with Crippen LogP contribution in [0.3, 0.4) is 0 Å². The molecule has 0 saturated heterocycles. The van der Waals surface area contributed by atoms with Crippen LogP contribution >= 0.6 is 0 Å². The lowest BCUT2D eigenvalue weighted by molar-refractivity contribution is -0.141. The molecule has 0 atom stereocenters. The van der Waals surface area contributed by atoms with Gasteiger partial charge in [0, 0.05) is 38.3 Å². The summed E-state index contributed by atoms with van der Waals surface area (Å²) in [5, 5.41) is 5.30. The van der Waals surface area contributed by atoms with Crippen LogP contribution in [0.25, 0.3) is 0 Å². The molecule has 4 amide bonds. The predicted octanol–water partition coefficient (Wildman–Crippen LogP) is -0.633. The first-order valence-corrected chi connectivity index (χ1v) is 8.77. The van der Waals surface area contributed by atoms with E-state index in [0.717, 1.165) is 30.1 Å². The smallest absolute Gasteiger partial charge is 0.254 e. The second-order valence-corrected chi connectivity index (χ2v) is 5.62. The van der Waals surface area contributed by atoms with E-state index in [1.54, 1.807) is 0 Å². The Morgan fingerprint density at radius 3 is 2.19 bits per heavy atom. The Kier molecular flexibility index (Phi) is 10.9. The van der Waals surface area contributed by atoms with Gasteiger partial charge in [-0.1, -0.05) is 6.92 Å². The van der Waals surface area contributed by atoms with Gasteiger partial charge in [0.25, 0.3) is 11.8 Å². The van der Waals surface area contributed by atoms with Crippen LogP contribution in [0.1, 0.15) is 26.2 Å². The minimum absolute atomic E-state index is 0.126. The number of hydrogen-bond donors (Lipinski definition) is 2. The van der Waals surface area contributed by atoms with E-state index in [9.17, 15) is 19.2 Å². The Labute approximate surface area is 153 Å². The first-order chi connectivity index (χ1) is 12.5. The predicted molar refractivity (Wildman–Crippen MR) is 93.0 cm³/mol. The van der Waals surface area contributed by atoms with Crippen LogP contribution in [0.4, 0.5) is 0 Å². The van der Waals surface area contributed by atoms with Gasteiger partial charge in [-0.3, -0.25) is 24.1 Å². The summed E-state index contributed by atoms with van der Waals surface area (Å²) < 4.78 is 10.6. The molecule has 0 spiro atoms. The molecular formula is C17H27N3O6. The zero-order chi connectivity index (χ0) is 19.2. The largest absolute Gasteiger partial charge is 0.379 e. The number of ether oxygens (including phenoxy) is 2. The molecule has 0 aromatic carbocycles. The van der Waals surface area contributed by atoms with Crippen molar-refractivity contribution in [1.29, 1.82) is 0 Å². The van der Waals surface area contributed by atoms with Gasteiger partial charge in [0.1, 0.15) is 6.54 Å². The number of rotatable bonds is 14. The molecule has 1 rings (SSSR count). The minimum Gasteiger partial charge on any atom is -0.379 e. The molecule has 1 aliphatic rings. The molecule has 0 aromatic rings. The SMILES string of the molecule is CCCOCCOCCNC(=O)CCCNC(=O)CN1C(=O)C=CC1=O. The summed E-state index contributed by atoms with van der Waals surface area (Å²) in [6.45, 7) is 4.63. The van der Waals surface area contributed by atoms with Crippen molar-refractivity contribution in [1.82, 2.24) is 15.5 Å². The van der Waals surface area contributed by atoms with Crippen LogP contribution in [0, 0.1) is 0 Å². The van der Waals surface area contributed by atoms with Crippen LogP contribution in [0.2, 0.25) is 0 Å². The molecule has 1 aliphatic heterocycles. The molecule has 9 heteroatoms. The molecule has 26 heavy (non-hydrogen) atoms. The zero-order valence-corrected chi connectivity index (χ0v) is 15.1. The van der Waals surface area contributed by atoms with E-state index in [-0.39, 0.29) is 18.9 Å². The maximum Gasteiger partial charge on any atom is 0.254 e. The molecule has 0 radical (unpaired) electrons. The van der Waals surface area contributed by atoms with E-state index < -0.39 is 17.7 Å². The number of nitrogens with one attached hydrogen (secondary N) is 2. The monoisotopic (exact) mass is 369 g/mol. The number of nitrogens with zero attached hydrogens (tertiary/aromatic N) is 1. The van der Waals surface area contributed by atoms with Crippen molar-refractivity contribution in [3.05, 3.63) is 12.2 Å². The van der Waals surface area contributed by atoms with Crippen molar-refractivity contribution in [3.8, 4) is 0 Å². The third-order valence-corrected chi connectivity index (χ3v) is 3.39. The average molecular weight is 369 g/mol. The molecule has 2 N–H and O–H groups in total. The summed E-state index contributed by atoms with van der Waals surface area (Å²) in [5.41, 5.74) is 0. The van der Waals surface area contributed by atoms with Crippen molar-refractivity contribution >= 4 is 23.6 Å². The van der Waals surface area contributed by atoms with Crippen molar-refractivity contribution in [2.24, 2.45) is 0 Å². The second kappa shape index (κ2) is 13.0. The topological polar surface area (TPSA) is 114 Å². The van der Waals surface area contributed by atoms with Crippen molar-refractivity contribution in [2.75, 3.05) is 46.1 Å². The number of carbonyl (C=O) groups excluding carboxylic acids is 4. The first-order valence-electron chi connectivity index (χ1n) is 8.77. The Balaban J connectivity index is 1.95. The minimum atomic E-state index is -0.497. The maximum atomic E-state index is 11.7. The van der Waals surface area contributed by atoms with Gasteiger partial charge in [0.05, 0.1) is 19.8 Å². The average Bonchev–Trinajstić information content (AvgIpc) is 2.93. The molecular weight excluding hydrogens is 342 g/mol. The third kappa shape index (κ3) is 9.28. The fourth-order valence-corrected chi connectivity index (χ4v) is 2.08.